The highest BCUT2D eigenvalue weighted by atomic mass is 32.2. The monoisotopic (exact) mass is 449 g/mol. The van der Waals surface area contributed by atoms with Crippen LogP contribution in [0.5, 0.6) is 5.75 Å². The van der Waals surface area contributed by atoms with E-state index in [-0.39, 0.29) is 22.8 Å². The number of nitrogens with two attached hydrogens (primary N) is 1. The molecule has 0 aliphatic heterocycles. The Morgan fingerprint density at radius 3 is 2.06 bits per heavy atom. The van der Waals surface area contributed by atoms with Gasteiger partial charge >= 0.3 is 22.1 Å². The molecule has 1 unspecified atom stereocenters. The smallest absolute Gasteiger partial charge is 0.339 e. The van der Waals surface area contributed by atoms with Crippen LogP contribution < -0.4 is 9.92 Å². The van der Waals surface area contributed by atoms with Crippen LogP contribution in [0.3, 0.4) is 0 Å². The zero-order valence-corrected chi connectivity index (χ0v) is 18.8. The van der Waals surface area contributed by atoms with Crippen molar-refractivity contribution in [2.45, 2.75) is 50.2 Å². The van der Waals surface area contributed by atoms with E-state index in [0.717, 1.165) is 0 Å². The Morgan fingerprint density at radius 1 is 0.968 bits per heavy atom. The molecule has 0 heterocycles. The normalized spacial score (nSPS) is 13.7. The summed E-state index contributed by atoms with van der Waals surface area (Å²) < 4.78 is 40.3. The molecule has 0 aliphatic carbocycles. The van der Waals surface area contributed by atoms with Crippen LogP contribution in [0.25, 0.3) is 0 Å². The maximum atomic E-state index is 12.8. The standard InChI is InChI=1S/C22H27NO7S/c1-5-28-19(24)15-22(23,20(25)29-21(2,3)4)16-11-13-17(14-12-16)30-31(26,27)18-9-7-6-8-10-18/h6-14H,5,15,23H2,1-4H3. The number of hydrogen-bond acceptors (Lipinski definition) is 8. The predicted molar refractivity (Wildman–Crippen MR) is 114 cm³/mol. The number of esters is 2. The second-order valence-electron chi connectivity index (χ2n) is 7.83. The van der Waals surface area contributed by atoms with E-state index in [1.165, 1.54) is 36.4 Å². The van der Waals surface area contributed by atoms with Crippen LogP contribution >= 0.6 is 0 Å². The van der Waals surface area contributed by atoms with E-state index in [0.29, 0.717) is 0 Å². The second kappa shape index (κ2) is 9.49. The quantitative estimate of drug-likeness (QED) is 0.482. The van der Waals surface area contributed by atoms with Gasteiger partial charge in [-0.3, -0.25) is 4.79 Å². The third kappa shape index (κ3) is 6.53. The molecule has 168 valence electrons. The van der Waals surface area contributed by atoms with Crippen molar-refractivity contribution in [2.75, 3.05) is 6.61 Å². The van der Waals surface area contributed by atoms with Gasteiger partial charge in [0.05, 0.1) is 13.0 Å². The number of hydrogen-bond donors (Lipinski definition) is 1. The van der Waals surface area contributed by atoms with E-state index < -0.39 is 39.6 Å². The predicted octanol–water partition coefficient (Wildman–Crippen LogP) is 2.90. The first kappa shape index (κ1) is 24.4. The van der Waals surface area contributed by atoms with E-state index in [1.54, 1.807) is 45.9 Å². The molecule has 2 rings (SSSR count). The zero-order valence-electron chi connectivity index (χ0n) is 18.0. The fourth-order valence-corrected chi connectivity index (χ4v) is 3.62. The molecule has 31 heavy (non-hydrogen) atoms. The molecule has 0 saturated heterocycles. The van der Waals surface area contributed by atoms with Gasteiger partial charge in [-0.15, -0.1) is 0 Å². The Kier molecular flexibility index (Phi) is 7.45. The highest BCUT2D eigenvalue weighted by Gasteiger charge is 2.42. The Morgan fingerprint density at radius 2 is 1.55 bits per heavy atom. The first-order valence-electron chi connectivity index (χ1n) is 9.65. The van der Waals surface area contributed by atoms with E-state index in [9.17, 15) is 18.0 Å². The van der Waals surface area contributed by atoms with Gasteiger partial charge < -0.3 is 19.4 Å². The highest BCUT2D eigenvalue weighted by molar-refractivity contribution is 7.87. The average Bonchev–Trinajstić information content (AvgIpc) is 2.67. The molecule has 0 amide bonds. The molecule has 8 nitrogen and oxygen atoms in total. The summed E-state index contributed by atoms with van der Waals surface area (Å²) >= 11 is 0. The molecular weight excluding hydrogens is 422 g/mol. The molecule has 2 aromatic rings. The first-order valence-corrected chi connectivity index (χ1v) is 11.1. The molecule has 0 aliphatic rings. The summed E-state index contributed by atoms with van der Waals surface area (Å²) in [5.41, 5.74) is 3.93. The summed E-state index contributed by atoms with van der Waals surface area (Å²) in [5.74, 6) is -1.45. The Labute approximate surface area is 182 Å². The van der Waals surface area contributed by atoms with Crippen molar-refractivity contribution in [1.82, 2.24) is 0 Å². The van der Waals surface area contributed by atoms with E-state index >= 15 is 0 Å². The van der Waals surface area contributed by atoms with Crippen LogP contribution in [0, 0.1) is 0 Å². The maximum absolute atomic E-state index is 12.8. The van der Waals surface area contributed by atoms with Crippen molar-refractivity contribution in [2.24, 2.45) is 5.73 Å². The van der Waals surface area contributed by atoms with Crippen molar-refractivity contribution >= 4 is 22.1 Å². The Bertz CT molecular complexity index is 1010. The van der Waals surface area contributed by atoms with Crippen molar-refractivity contribution in [1.29, 1.82) is 0 Å². The van der Waals surface area contributed by atoms with Gasteiger partial charge in [0, 0.05) is 0 Å². The van der Waals surface area contributed by atoms with Gasteiger partial charge in [-0.2, -0.15) is 8.42 Å². The largest absolute Gasteiger partial charge is 0.466 e. The summed E-state index contributed by atoms with van der Waals surface area (Å²) in [6.07, 6.45) is -0.446. The molecule has 0 aromatic heterocycles. The zero-order chi connectivity index (χ0) is 23.3. The molecular formula is C22H27NO7S. The number of ether oxygens (including phenoxy) is 2. The fraction of sp³-hybridized carbons (Fsp3) is 0.364. The lowest BCUT2D eigenvalue weighted by atomic mass is 9.87. The first-order chi connectivity index (χ1) is 14.4. The second-order valence-corrected chi connectivity index (χ2v) is 9.38. The van der Waals surface area contributed by atoms with E-state index in [1.807, 2.05) is 0 Å². The number of benzene rings is 2. The summed E-state index contributed by atoms with van der Waals surface area (Å²) in [7, 11) is -4.03. The maximum Gasteiger partial charge on any atom is 0.339 e. The fourth-order valence-electron chi connectivity index (χ4n) is 2.67. The molecule has 1 atom stereocenters. The van der Waals surface area contributed by atoms with Crippen LogP contribution in [0.1, 0.15) is 39.7 Å². The van der Waals surface area contributed by atoms with Gasteiger partial charge in [-0.05, 0) is 57.5 Å². The molecule has 0 saturated carbocycles. The summed E-state index contributed by atoms with van der Waals surface area (Å²) in [4.78, 5) is 24.9. The Hall–Kier alpha value is -2.91. The van der Waals surface area contributed by atoms with Crippen molar-refractivity contribution in [3.05, 3.63) is 60.2 Å². The van der Waals surface area contributed by atoms with Crippen LogP contribution in [-0.4, -0.2) is 32.6 Å². The third-order valence-electron chi connectivity index (χ3n) is 4.10. The number of carbonyl (C=O) groups is 2. The summed E-state index contributed by atoms with van der Waals surface area (Å²) in [6.45, 7) is 6.82. The molecule has 2 N–H and O–H groups in total. The highest BCUT2D eigenvalue weighted by Crippen LogP contribution is 2.29. The van der Waals surface area contributed by atoms with Crippen LogP contribution in [0.15, 0.2) is 59.5 Å². The van der Waals surface area contributed by atoms with E-state index in [2.05, 4.69) is 0 Å². The molecule has 0 fully saturated rings. The van der Waals surface area contributed by atoms with Gasteiger partial charge in [0.2, 0.25) is 0 Å². The number of rotatable bonds is 8. The lowest BCUT2D eigenvalue weighted by Gasteiger charge is -2.31. The van der Waals surface area contributed by atoms with Crippen LogP contribution in [-0.2, 0) is 34.7 Å². The average molecular weight is 450 g/mol. The minimum atomic E-state index is -4.03. The van der Waals surface area contributed by atoms with E-state index in [4.69, 9.17) is 19.4 Å². The van der Waals surface area contributed by atoms with Crippen LogP contribution in [0.2, 0.25) is 0 Å². The van der Waals surface area contributed by atoms with Crippen molar-refractivity contribution in [3.8, 4) is 5.75 Å². The van der Waals surface area contributed by atoms with Crippen molar-refractivity contribution in [3.63, 3.8) is 0 Å². The lowest BCUT2D eigenvalue weighted by Crippen LogP contribution is -2.50. The summed E-state index contributed by atoms with van der Waals surface area (Å²) in [5, 5.41) is 0. The van der Waals surface area contributed by atoms with Crippen molar-refractivity contribution < 1.29 is 31.7 Å². The van der Waals surface area contributed by atoms with Gasteiger partial charge in [-0.25, -0.2) is 4.79 Å². The molecule has 0 spiro atoms. The molecule has 0 radical (unpaired) electrons. The van der Waals surface area contributed by atoms with Gasteiger partial charge in [0.15, 0.2) is 5.54 Å². The van der Waals surface area contributed by atoms with Gasteiger partial charge in [-0.1, -0.05) is 30.3 Å². The molecule has 9 heteroatoms. The lowest BCUT2D eigenvalue weighted by molar-refractivity contribution is -0.166. The molecule has 2 aromatic carbocycles. The van der Waals surface area contributed by atoms with Gasteiger partial charge in [0.25, 0.3) is 0 Å². The topological polar surface area (TPSA) is 122 Å². The SMILES string of the molecule is CCOC(=O)CC(N)(C(=O)OC(C)(C)C)c1ccc(OS(=O)(=O)c2ccccc2)cc1. The molecule has 0 bridgehead atoms. The minimum Gasteiger partial charge on any atom is -0.466 e. The van der Waals surface area contributed by atoms with Gasteiger partial charge in [0.1, 0.15) is 16.2 Å². The summed E-state index contributed by atoms with van der Waals surface area (Å²) in [6, 6.07) is 13.2. The van der Waals surface area contributed by atoms with Crippen LogP contribution in [0.4, 0.5) is 0 Å². The Balaban J connectivity index is 2.33. The third-order valence-corrected chi connectivity index (χ3v) is 5.36. The number of carbonyl (C=O) groups excluding carboxylic acids is 2. The minimum absolute atomic E-state index is 0.00307.